The molecule has 2 aromatic carbocycles. The lowest BCUT2D eigenvalue weighted by Gasteiger charge is -2.23. The summed E-state index contributed by atoms with van der Waals surface area (Å²) in [6.45, 7) is 3.51. The van der Waals surface area contributed by atoms with E-state index in [2.05, 4.69) is 15.2 Å². The fourth-order valence-corrected chi connectivity index (χ4v) is 2.69. The zero-order chi connectivity index (χ0) is 19.2. The summed E-state index contributed by atoms with van der Waals surface area (Å²) in [6.07, 6.45) is 1.58. The molecule has 0 unspecified atom stereocenters. The average Bonchev–Trinajstić information content (AvgIpc) is 2.70. The van der Waals surface area contributed by atoms with Gasteiger partial charge in [0.2, 0.25) is 0 Å². The van der Waals surface area contributed by atoms with Gasteiger partial charge >= 0.3 is 0 Å². The first-order chi connectivity index (χ1) is 13.1. The van der Waals surface area contributed by atoms with Crippen molar-refractivity contribution in [2.75, 3.05) is 16.8 Å². The fourth-order valence-electron chi connectivity index (χ4n) is 2.69. The molecule has 0 radical (unpaired) electrons. The minimum atomic E-state index is -0.833. The highest BCUT2D eigenvalue weighted by molar-refractivity contribution is 6.03. The number of para-hydroxylation sites is 1. The molecule has 0 atom stereocenters. The number of rotatable bonds is 6. The number of aromatic nitrogens is 1. The number of pyridine rings is 1. The van der Waals surface area contributed by atoms with Gasteiger partial charge in [0.25, 0.3) is 5.91 Å². The Labute approximate surface area is 156 Å². The van der Waals surface area contributed by atoms with Crippen molar-refractivity contribution < 1.29 is 13.6 Å². The number of carbonyl (C=O) groups excluding carboxylic acids is 1. The number of hydrogen-bond donors (Lipinski definition) is 1. The zero-order valence-electron chi connectivity index (χ0n) is 14.8. The van der Waals surface area contributed by atoms with Crippen LogP contribution in [0, 0.1) is 11.6 Å². The van der Waals surface area contributed by atoms with Crippen LogP contribution < -0.4 is 10.2 Å². The third-order valence-corrected chi connectivity index (χ3v) is 4.14. The minimum absolute atomic E-state index is 0.0807. The minimum Gasteiger partial charge on any atom is -0.366 e. The topological polar surface area (TPSA) is 45.2 Å². The molecule has 0 aliphatic heterocycles. The highest BCUT2D eigenvalue weighted by atomic mass is 19.1. The molecule has 1 amide bonds. The molecule has 3 rings (SSSR count). The Morgan fingerprint density at radius 2 is 1.70 bits per heavy atom. The lowest BCUT2D eigenvalue weighted by molar-refractivity contribution is 0.102. The van der Waals surface area contributed by atoms with Gasteiger partial charge in [0.1, 0.15) is 23.0 Å². The molecule has 0 spiro atoms. The first-order valence-electron chi connectivity index (χ1n) is 8.58. The number of halogens is 2. The summed E-state index contributed by atoms with van der Waals surface area (Å²) >= 11 is 0. The van der Waals surface area contributed by atoms with E-state index in [-0.39, 0.29) is 5.69 Å². The molecule has 1 heterocycles. The molecule has 0 aliphatic rings. The van der Waals surface area contributed by atoms with Crippen molar-refractivity contribution in [2.24, 2.45) is 0 Å². The molecule has 0 fully saturated rings. The zero-order valence-corrected chi connectivity index (χ0v) is 14.8. The maximum Gasteiger partial charge on any atom is 0.274 e. The molecule has 138 valence electrons. The Morgan fingerprint density at radius 1 is 1.00 bits per heavy atom. The van der Waals surface area contributed by atoms with Crippen LogP contribution in [0.15, 0.2) is 66.9 Å². The Balaban J connectivity index is 1.73. The van der Waals surface area contributed by atoms with Crippen LogP contribution in [0.5, 0.6) is 0 Å². The summed E-state index contributed by atoms with van der Waals surface area (Å²) in [7, 11) is 0. The number of nitrogens with one attached hydrogen (secondary N) is 1. The van der Waals surface area contributed by atoms with Crippen molar-refractivity contribution in [1.82, 2.24) is 4.98 Å². The van der Waals surface area contributed by atoms with Crippen molar-refractivity contribution in [1.29, 1.82) is 0 Å². The lowest BCUT2D eigenvalue weighted by Crippen LogP contribution is -2.22. The number of nitrogens with zero attached hydrogens (tertiary/aromatic N) is 2. The van der Waals surface area contributed by atoms with E-state index in [1.807, 2.05) is 37.3 Å². The van der Waals surface area contributed by atoms with Crippen molar-refractivity contribution in [3.05, 3.63) is 89.8 Å². The van der Waals surface area contributed by atoms with Gasteiger partial charge in [-0.25, -0.2) is 13.8 Å². The number of benzene rings is 2. The number of anilines is 2. The van der Waals surface area contributed by atoms with Gasteiger partial charge in [0.05, 0.1) is 11.9 Å². The smallest absolute Gasteiger partial charge is 0.274 e. The molecule has 0 saturated heterocycles. The van der Waals surface area contributed by atoms with E-state index in [0.29, 0.717) is 6.54 Å². The molecule has 0 saturated carbocycles. The Hall–Kier alpha value is -3.28. The van der Waals surface area contributed by atoms with Crippen LogP contribution in [-0.4, -0.2) is 17.4 Å². The Morgan fingerprint density at radius 3 is 2.30 bits per heavy atom. The van der Waals surface area contributed by atoms with Crippen molar-refractivity contribution in [2.45, 2.75) is 13.5 Å². The monoisotopic (exact) mass is 367 g/mol. The molecular weight excluding hydrogens is 348 g/mol. The Bertz CT molecular complexity index is 894. The van der Waals surface area contributed by atoms with E-state index >= 15 is 0 Å². The average molecular weight is 367 g/mol. The molecule has 1 N–H and O–H groups in total. The van der Waals surface area contributed by atoms with Crippen LogP contribution >= 0.6 is 0 Å². The number of amides is 1. The summed E-state index contributed by atoms with van der Waals surface area (Å²) < 4.78 is 27.3. The van der Waals surface area contributed by atoms with Crippen LogP contribution in [0.2, 0.25) is 0 Å². The van der Waals surface area contributed by atoms with E-state index in [9.17, 15) is 13.6 Å². The van der Waals surface area contributed by atoms with E-state index in [0.717, 1.165) is 29.9 Å². The number of carbonyl (C=O) groups is 1. The van der Waals surface area contributed by atoms with Crippen LogP contribution in [0.3, 0.4) is 0 Å². The van der Waals surface area contributed by atoms with Crippen molar-refractivity contribution in [3.8, 4) is 0 Å². The van der Waals surface area contributed by atoms with Gasteiger partial charge in [-0.05, 0) is 36.8 Å². The highest BCUT2D eigenvalue weighted by Crippen LogP contribution is 2.20. The second-order valence-electron chi connectivity index (χ2n) is 5.95. The van der Waals surface area contributed by atoms with Crippen molar-refractivity contribution >= 4 is 17.3 Å². The molecular formula is C21H19F2N3O. The van der Waals surface area contributed by atoms with Crippen LogP contribution in [0.25, 0.3) is 0 Å². The fraction of sp³-hybridized carbons (Fsp3) is 0.143. The maximum absolute atomic E-state index is 13.7. The van der Waals surface area contributed by atoms with Gasteiger partial charge in [0, 0.05) is 13.1 Å². The summed E-state index contributed by atoms with van der Waals surface area (Å²) in [5.74, 6) is -2.34. The summed E-state index contributed by atoms with van der Waals surface area (Å²) in [5.41, 5.74) is 1.62. The first kappa shape index (κ1) is 18.5. The molecule has 3 aromatic rings. The second-order valence-corrected chi connectivity index (χ2v) is 5.95. The van der Waals surface area contributed by atoms with Gasteiger partial charge in [-0.1, -0.05) is 36.4 Å². The van der Waals surface area contributed by atoms with Crippen LogP contribution in [0.1, 0.15) is 23.0 Å². The molecule has 27 heavy (non-hydrogen) atoms. The van der Waals surface area contributed by atoms with E-state index in [4.69, 9.17) is 0 Å². The molecule has 4 nitrogen and oxygen atoms in total. The lowest BCUT2D eigenvalue weighted by atomic mass is 10.2. The largest absolute Gasteiger partial charge is 0.366 e. The molecule has 0 bridgehead atoms. The predicted molar refractivity (Wildman–Crippen MR) is 102 cm³/mol. The van der Waals surface area contributed by atoms with Crippen LogP contribution in [0.4, 0.5) is 20.2 Å². The summed E-state index contributed by atoms with van der Waals surface area (Å²) in [5, 5.41) is 2.23. The third-order valence-electron chi connectivity index (χ3n) is 4.14. The van der Waals surface area contributed by atoms with Crippen molar-refractivity contribution in [3.63, 3.8) is 0 Å². The van der Waals surface area contributed by atoms with E-state index in [1.165, 1.54) is 12.1 Å². The normalized spacial score (nSPS) is 10.5. The van der Waals surface area contributed by atoms with E-state index < -0.39 is 23.2 Å². The first-order valence-corrected chi connectivity index (χ1v) is 8.58. The Kier molecular flexibility index (Phi) is 5.76. The maximum atomic E-state index is 13.7. The van der Waals surface area contributed by atoms with Crippen LogP contribution in [-0.2, 0) is 6.54 Å². The second kappa shape index (κ2) is 8.40. The van der Waals surface area contributed by atoms with E-state index in [1.54, 1.807) is 12.3 Å². The van der Waals surface area contributed by atoms with Gasteiger partial charge in [-0.2, -0.15) is 0 Å². The van der Waals surface area contributed by atoms with Gasteiger partial charge in [-0.15, -0.1) is 0 Å². The summed E-state index contributed by atoms with van der Waals surface area (Å²) in [4.78, 5) is 18.5. The quantitative estimate of drug-likeness (QED) is 0.690. The van der Waals surface area contributed by atoms with Gasteiger partial charge in [-0.3, -0.25) is 4.79 Å². The standard InChI is InChI=1S/C21H19F2N3O/c1-2-26(14-15-7-4-3-5-8-15)16-11-12-19(24-13-16)21(27)25-20-17(22)9-6-10-18(20)23/h3-13H,2,14H2,1H3,(H,25,27). The van der Waals surface area contributed by atoms with Gasteiger partial charge in [0.15, 0.2) is 0 Å². The third kappa shape index (κ3) is 4.47. The van der Waals surface area contributed by atoms with Gasteiger partial charge < -0.3 is 10.2 Å². The molecule has 0 aliphatic carbocycles. The predicted octanol–water partition coefficient (Wildman–Crippen LogP) is 4.64. The molecule has 6 heteroatoms. The molecule has 1 aromatic heterocycles. The SMILES string of the molecule is CCN(Cc1ccccc1)c1ccc(C(=O)Nc2c(F)cccc2F)nc1. The highest BCUT2D eigenvalue weighted by Gasteiger charge is 2.15. The number of hydrogen-bond acceptors (Lipinski definition) is 3. The summed E-state index contributed by atoms with van der Waals surface area (Å²) in [6, 6.07) is 16.7.